The Kier molecular flexibility index (Phi) is 5.60. The van der Waals surface area contributed by atoms with Crippen LogP contribution in [0, 0.1) is 0 Å². The molecule has 0 aromatic carbocycles. The molecule has 1 aromatic heterocycles. The van der Waals surface area contributed by atoms with Crippen molar-refractivity contribution in [2.24, 2.45) is 0 Å². The quantitative estimate of drug-likeness (QED) is 0.561. The lowest BCUT2D eigenvalue weighted by Crippen LogP contribution is -2.28. The number of pyridine rings is 1. The summed E-state index contributed by atoms with van der Waals surface area (Å²) >= 11 is 5.41. The molecular formula is C10H13ClN2O3. The van der Waals surface area contributed by atoms with Crippen LogP contribution in [-0.4, -0.2) is 36.5 Å². The van der Waals surface area contributed by atoms with Gasteiger partial charge in [0.05, 0.1) is 18.8 Å². The Hall–Kier alpha value is -1.33. The summed E-state index contributed by atoms with van der Waals surface area (Å²) in [7, 11) is 0. The van der Waals surface area contributed by atoms with E-state index in [0.717, 1.165) is 0 Å². The largest absolute Gasteiger partial charge is 0.378 e. The van der Waals surface area contributed by atoms with E-state index in [1.807, 2.05) is 0 Å². The molecule has 0 saturated heterocycles. The predicted octanol–water partition coefficient (Wildman–Crippen LogP) is 0.360. The Labute approximate surface area is 97.8 Å². The van der Waals surface area contributed by atoms with Crippen LogP contribution in [0.15, 0.2) is 23.1 Å². The third-order valence-electron chi connectivity index (χ3n) is 1.80. The lowest BCUT2D eigenvalue weighted by molar-refractivity contribution is 0.0923. The van der Waals surface area contributed by atoms with Gasteiger partial charge in [-0.1, -0.05) is 0 Å². The number of nitrogens with one attached hydrogen (secondary N) is 2. The highest BCUT2D eigenvalue weighted by molar-refractivity contribution is 6.17. The van der Waals surface area contributed by atoms with Crippen LogP contribution in [0.5, 0.6) is 0 Å². The van der Waals surface area contributed by atoms with E-state index in [1.54, 1.807) is 0 Å². The lowest BCUT2D eigenvalue weighted by Gasteiger charge is -2.04. The van der Waals surface area contributed by atoms with Gasteiger partial charge in [0.2, 0.25) is 5.56 Å². The Balaban J connectivity index is 2.30. The number of carbonyl (C=O) groups is 1. The molecule has 0 atom stereocenters. The lowest BCUT2D eigenvalue weighted by atomic mass is 10.3. The van der Waals surface area contributed by atoms with E-state index < -0.39 is 0 Å². The highest BCUT2D eigenvalue weighted by Gasteiger charge is 2.03. The molecule has 5 nitrogen and oxygen atoms in total. The first-order chi connectivity index (χ1) is 7.74. The standard InChI is InChI=1S/C10H13ClN2O3/c11-3-5-16-6-4-12-10(15)8-1-2-9(14)13-7-8/h1-2,7H,3-6H2,(H,12,15)(H,13,14). The first-order valence-corrected chi connectivity index (χ1v) is 5.38. The Bertz CT molecular complexity index is 371. The number of hydrogen-bond donors (Lipinski definition) is 2. The highest BCUT2D eigenvalue weighted by Crippen LogP contribution is 1.92. The zero-order valence-electron chi connectivity index (χ0n) is 8.66. The Morgan fingerprint density at radius 1 is 1.44 bits per heavy atom. The topological polar surface area (TPSA) is 71.2 Å². The van der Waals surface area contributed by atoms with Gasteiger partial charge in [0.25, 0.3) is 5.91 Å². The van der Waals surface area contributed by atoms with Gasteiger partial charge in [-0.25, -0.2) is 0 Å². The summed E-state index contributed by atoms with van der Waals surface area (Å²) in [5.74, 6) is 0.194. The number of ether oxygens (including phenoxy) is 1. The van der Waals surface area contributed by atoms with E-state index >= 15 is 0 Å². The maximum Gasteiger partial charge on any atom is 0.252 e. The molecule has 0 radical (unpaired) electrons. The number of aromatic nitrogens is 1. The van der Waals surface area contributed by atoms with Crippen molar-refractivity contribution in [1.29, 1.82) is 0 Å². The first kappa shape index (κ1) is 12.7. The minimum atomic E-state index is -0.245. The van der Waals surface area contributed by atoms with E-state index in [-0.39, 0.29) is 11.5 Å². The number of hydrogen-bond acceptors (Lipinski definition) is 3. The molecule has 1 rings (SSSR count). The van der Waals surface area contributed by atoms with Crippen molar-refractivity contribution >= 4 is 17.5 Å². The molecule has 0 unspecified atom stereocenters. The third-order valence-corrected chi connectivity index (χ3v) is 1.95. The smallest absolute Gasteiger partial charge is 0.252 e. The fraction of sp³-hybridized carbons (Fsp3) is 0.400. The average molecular weight is 245 g/mol. The van der Waals surface area contributed by atoms with Crippen LogP contribution in [0.3, 0.4) is 0 Å². The molecular weight excluding hydrogens is 232 g/mol. The van der Waals surface area contributed by atoms with E-state index in [9.17, 15) is 9.59 Å². The highest BCUT2D eigenvalue weighted by atomic mass is 35.5. The molecule has 6 heteroatoms. The van der Waals surface area contributed by atoms with Crippen molar-refractivity contribution < 1.29 is 9.53 Å². The summed E-state index contributed by atoms with van der Waals surface area (Å²) in [6.45, 7) is 1.30. The second kappa shape index (κ2) is 7.03. The average Bonchev–Trinajstić information content (AvgIpc) is 2.29. The van der Waals surface area contributed by atoms with Gasteiger partial charge in [0.1, 0.15) is 0 Å². The van der Waals surface area contributed by atoms with Gasteiger partial charge in [0.15, 0.2) is 0 Å². The minimum Gasteiger partial charge on any atom is -0.378 e. The van der Waals surface area contributed by atoms with E-state index in [0.29, 0.717) is 31.2 Å². The molecule has 0 aliphatic carbocycles. The van der Waals surface area contributed by atoms with Crippen LogP contribution < -0.4 is 10.9 Å². The van der Waals surface area contributed by atoms with E-state index in [1.165, 1.54) is 18.3 Å². The predicted molar refractivity (Wildman–Crippen MR) is 60.9 cm³/mol. The zero-order valence-corrected chi connectivity index (χ0v) is 9.42. The van der Waals surface area contributed by atoms with Gasteiger partial charge >= 0.3 is 0 Å². The van der Waals surface area contributed by atoms with Gasteiger partial charge < -0.3 is 15.0 Å². The molecule has 1 heterocycles. The van der Waals surface area contributed by atoms with Gasteiger partial charge in [-0.15, -0.1) is 11.6 Å². The number of halogens is 1. The fourth-order valence-electron chi connectivity index (χ4n) is 1.05. The summed E-state index contributed by atoms with van der Waals surface area (Å²) in [4.78, 5) is 24.7. The molecule has 16 heavy (non-hydrogen) atoms. The van der Waals surface area contributed by atoms with Crippen LogP contribution in [0.25, 0.3) is 0 Å². The molecule has 1 amide bonds. The molecule has 2 N–H and O–H groups in total. The molecule has 0 bridgehead atoms. The minimum absolute atomic E-state index is 0.234. The normalized spacial score (nSPS) is 10.1. The zero-order chi connectivity index (χ0) is 11.8. The monoisotopic (exact) mass is 244 g/mol. The summed E-state index contributed by atoms with van der Waals surface area (Å²) in [6, 6.07) is 2.77. The summed E-state index contributed by atoms with van der Waals surface area (Å²) in [6.07, 6.45) is 1.37. The number of rotatable bonds is 6. The number of aromatic amines is 1. The van der Waals surface area contributed by atoms with Crippen molar-refractivity contribution in [3.8, 4) is 0 Å². The van der Waals surface area contributed by atoms with Gasteiger partial charge in [0, 0.05) is 24.7 Å². The van der Waals surface area contributed by atoms with Gasteiger partial charge in [-0.2, -0.15) is 0 Å². The number of amides is 1. The molecule has 0 fully saturated rings. The number of alkyl halides is 1. The van der Waals surface area contributed by atoms with E-state index in [2.05, 4.69) is 10.3 Å². The molecule has 1 aromatic rings. The molecule has 0 saturated carbocycles. The fourth-order valence-corrected chi connectivity index (χ4v) is 1.16. The summed E-state index contributed by atoms with van der Waals surface area (Å²) < 4.78 is 5.08. The Morgan fingerprint density at radius 3 is 2.88 bits per heavy atom. The van der Waals surface area contributed by atoms with Crippen LogP contribution in [0.1, 0.15) is 10.4 Å². The van der Waals surface area contributed by atoms with Crippen LogP contribution in [-0.2, 0) is 4.74 Å². The van der Waals surface area contributed by atoms with Crippen molar-refractivity contribution in [2.75, 3.05) is 25.6 Å². The Morgan fingerprint density at radius 2 is 2.25 bits per heavy atom. The van der Waals surface area contributed by atoms with Crippen molar-refractivity contribution in [2.45, 2.75) is 0 Å². The van der Waals surface area contributed by atoms with Crippen molar-refractivity contribution in [1.82, 2.24) is 10.3 Å². The second-order valence-electron chi connectivity index (χ2n) is 3.00. The van der Waals surface area contributed by atoms with Gasteiger partial charge in [-0.3, -0.25) is 9.59 Å². The van der Waals surface area contributed by atoms with E-state index in [4.69, 9.17) is 16.3 Å². The van der Waals surface area contributed by atoms with Crippen LogP contribution >= 0.6 is 11.6 Å². The van der Waals surface area contributed by atoms with Gasteiger partial charge in [-0.05, 0) is 6.07 Å². The maximum absolute atomic E-state index is 11.5. The number of H-pyrrole nitrogens is 1. The first-order valence-electron chi connectivity index (χ1n) is 4.84. The van der Waals surface area contributed by atoms with Crippen LogP contribution in [0.2, 0.25) is 0 Å². The SMILES string of the molecule is O=C(NCCOCCCl)c1ccc(=O)[nH]c1. The number of carbonyl (C=O) groups excluding carboxylic acids is 1. The third kappa shape index (κ3) is 4.46. The molecule has 0 aliphatic rings. The van der Waals surface area contributed by atoms with Crippen molar-refractivity contribution in [3.05, 3.63) is 34.2 Å². The maximum atomic E-state index is 11.5. The van der Waals surface area contributed by atoms with Crippen molar-refractivity contribution in [3.63, 3.8) is 0 Å². The molecule has 0 spiro atoms. The summed E-state index contributed by atoms with van der Waals surface area (Å²) in [5.41, 5.74) is 0.180. The van der Waals surface area contributed by atoms with Crippen LogP contribution in [0.4, 0.5) is 0 Å². The molecule has 0 aliphatic heterocycles. The second-order valence-corrected chi connectivity index (χ2v) is 3.38. The summed E-state index contributed by atoms with van der Waals surface area (Å²) in [5, 5.41) is 2.65. The molecule has 88 valence electrons.